The number of anilines is 1. The van der Waals surface area contributed by atoms with Crippen molar-refractivity contribution < 1.29 is 4.79 Å². The molecule has 28 heavy (non-hydrogen) atoms. The first-order valence-electron chi connectivity index (χ1n) is 9.10. The molecule has 0 aliphatic carbocycles. The summed E-state index contributed by atoms with van der Waals surface area (Å²) in [5.74, 6) is -0.237. The van der Waals surface area contributed by atoms with Crippen molar-refractivity contribution in [2.75, 3.05) is 5.32 Å². The van der Waals surface area contributed by atoms with Gasteiger partial charge >= 0.3 is 0 Å². The van der Waals surface area contributed by atoms with Crippen LogP contribution in [0.5, 0.6) is 0 Å². The van der Waals surface area contributed by atoms with Gasteiger partial charge in [-0.05, 0) is 44.0 Å². The number of aryl methyl sites for hydroxylation is 2. The molecule has 0 saturated carbocycles. The summed E-state index contributed by atoms with van der Waals surface area (Å²) in [4.78, 5) is 32.2. The smallest absolute Gasteiger partial charge is 0.255 e. The molecular weight excluding hydrogens is 370 g/mol. The van der Waals surface area contributed by atoms with Crippen molar-refractivity contribution in [1.29, 1.82) is 0 Å². The third-order valence-electron chi connectivity index (χ3n) is 4.40. The second-order valence-electron chi connectivity index (χ2n) is 6.70. The molecule has 3 aromatic rings. The Balaban J connectivity index is 1.71. The van der Waals surface area contributed by atoms with Gasteiger partial charge in [0.1, 0.15) is 0 Å². The van der Waals surface area contributed by atoms with E-state index in [1.807, 2.05) is 61.5 Å². The molecule has 0 aliphatic heterocycles. The summed E-state index contributed by atoms with van der Waals surface area (Å²) in [5.41, 5.74) is 3.63. The van der Waals surface area contributed by atoms with Crippen molar-refractivity contribution in [3.8, 4) is 0 Å². The molecule has 1 heterocycles. The molecule has 1 amide bonds. The summed E-state index contributed by atoms with van der Waals surface area (Å²) in [6.07, 6.45) is -0.0126. The normalized spacial score (nSPS) is 11.8. The van der Waals surface area contributed by atoms with Crippen LogP contribution in [0.4, 0.5) is 5.69 Å². The molecule has 0 saturated heterocycles. The molecule has 1 atom stereocenters. The highest BCUT2D eigenvalue weighted by Crippen LogP contribution is 2.32. The molecule has 1 unspecified atom stereocenters. The number of nitrogens with zero attached hydrogens (tertiary/aromatic N) is 1. The van der Waals surface area contributed by atoms with Gasteiger partial charge in [-0.15, -0.1) is 0 Å². The van der Waals surface area contributed by atoms with E-state index in [4.69, 9.17) is 0 Å². The number of carbonyl (C=O) groups excluding carboxylic acids is 1. The minimum atomic E-state index is -0.269. The van der Waals surface area contributed by atoms with Gasteiger partial charge in [0.15, 0.2) is 5.16 Å². The van der Waals surface area contributed by atoms with Crippen molar-refractivity contribution in [1.82, 2.24) is 9.97 Å². The number of amides is 1. The van der Waals surface area contributed by atoms with Gasteiger partial charge in [-0.1, -0.05) is 54.2 Å². The van der Waals surface area contributed by atoms with Crippen LogP contribution in [-0.4, -0.2) is 15.9 Å². The number of rotatable bonds is 6. The Morgan fingerprint density at radius 2 is 1.89 bits per heavy atom. The van der Waals surface area contributed by atoms with Gasteiger partial charge < -0.3 is 10.3 Å². The summed E-state index contributed by atoms with van der Waals surface area (Å²) < 4.78 is 0. The van der Waals surface area contributed by atoms with Crippen molar-refractivity contribution in [2.24, 2.45) is 0 Å². The van der Waals surface area contributed by atoms with Gasteiger partial charge in [0.2, 0.25) is 5.91 Å². The van der Waals surface area contributed by atoms with Gasteiger partial charge in [0, 0.05) is 22.2 Å². The number of aromatic nitrogens is 2. The number of aromatic amines is 1. The number of benzene rings is 2. The fraction of sp³-hybridized carbons (Fsp3) is 0.227. The van der Waals surface area contributed by atoms with Gasteiger partial charge in [-0.2, -0.15) is 0 Å². The van der Waals surface area contributed by atoms with Gasteiger partial charge in [-0.25, -0.2) is 4.98 Å². The molecule has 0 aliphatic rings. The van der Waals surface area contributed by atoms with Crippen molar-refractivity contribution >= 4 is 23.4 Å². The van der Waals surface area contributed by atoms with Crippen LogP contribution in [0.3, 0.4) is 0 Å². The highest BCUT2D eigenvalue weighted by atomic mass is 32.2. The van der Waals surface area contributed by atoms with Crippen LogP contribution in [0, 0.1) is 13.8 Å². The Bertz CT molecular complexity index is 1030. The fourth-order valence-corrected chi connectivity index (χ4v) is 3.87. The van der Waals surface area contributed by atoms with Crippen LogP contribution in [0.2, 0.25) is 0 Å². The lowest BCUT2D eigenvalue weighted by Gasteiger charge is -2.12. The zero-order valence-electron chi connectivity index (χ0n) is 16.2. The predicted octanol–water partition coefficient (Wildman–Crippen LogP) is 4.42. The number of nitrogens with one attached hydrogen (secondary N) is 2. The van der Waals surface area contributed by atoms with Gasteiger partial charge in [0.25, 0.3) is 5.56 Å². The molecule has 0 radical (unpaired) electrons. The maximum absolute atomic E-state index is 12.5. The molecule has 0 bridgehead atoms. The highest BCUT2D eigenvalue weighted by Gasteiger charge is 2.15. The van der Waals surface area contributed by atoms with Crippen LogP contribution in [-0.2, 0) is 11.2 Å². The van der Waals surface area contributed by atoms with Gasteiger partial charge in [-0.3, -0.25) is 9.59 Å². The Morgan fingerprint density at radius 3 is 2.57 bits per heavy atom. The molecule has 5 nitrogen and oxygen atoms in total. The number of H-pyrrole nitrogens is 1. The molecule has 144 valence electrons. The van der Waals surface area contributed by atoms with E-state index < -0.39 is 0 Å². The van der Waals surface area contributed by atoms with Gasteiger partial charge in [0.05, 0.1) is 6.42 Å². The fourth-order valence-electron chi connectivity index (χ4n) is 2.90. The molecular formula is C22H23N3O2S. The topological polar surface area (TPSA) is 74.8 Å². The van der Waals surface area contributed by atoms with E-state index in [1.165, 1.54) is 11.8 Å². The SMILES string of the molecule is Cc1cccc(NC(=O)Cc2c(C)nc(SC(C)c3ccccc3)[nH]c2=O)c1. The van der Waals surface area contributed by atoms with Crippen LogP contribution in [0.25, 0.3) is 0 Å². The summed E-state index contributed by atoms with van der Waals surface area (Å²) in [6, 6.07) is 17.6. The third kappa shape index (κ3) is 5.10. The first kappa shape index (κ1) is 19.9. The Morgan fingerprint density at radius 1 is 1.14 bits per heavy atom. The number of hydrogen-bond donors (Lipinski definition) is 2. The van der Waals surface area contributed by atoms with Crippen LogP contribution >= 0.6 is 11.8 Å². The number of thioether (sulfide) groups is 1. The third-order valence-corrected chi connectivity index (χ3v) is 5.44. The minimum absolute atomic E-state index is 0.0126. The second-order valence-corrected chi connectivity index (χ2v) is 8.03. The van der Waals surface area contributed by atoms with E-state index in [2.05, 4.69) is 22.2 Å². The maximum atomic E-state index is 12.5. The molecule has 6 heteroatoms. The number of hydrogen-bond acceptors (Lipinski definition) is 4. The predicted molar refractivity (Wildman–Crippen MR) is 114 cm³/mol. The summed E-state index contributed by atoms with van der Waals surface area (Å²) in [7, 11) is 0. The summed E-state index contributed by atoms with van der Waals surface area (Å²) in [6.45, 7) is 5.79. The standard InChI is InChI=1S/C22H23N3O2S/c1-14-8-7-11-18(12-14)24-20(26)13-19-15(2)23-22(25-21(19)27)28-16(3)17-9-5-4-6-10-17/h4-12,16H,13H2,1-3H3,(H,24,26)(H,23,25,27). The largest absolute Gasteiger partial charge is 0.326 e. The van der Waals surface area contributed by atoms with E-state index >= 15 is 0 Å². The lowest BCUT2D eigenvalue weighted by Crippen LogP contribution is -2.23. The van der Waals surface area contributed by atoms with E-state index in [9.17, 15) is 9.59 Å². The van der Waals surface area contributed by atoms with E-state index in [-0.39, 0.29) is 23.1 Å². The quantitative estimate of drug-likeness (QED) is 0.480. The molecule has 1 aromatic heterocycles. The first-order valence-corrected chi connectivity index (χ1v) is 9.98. The second kappa shape index (κ2) is 8.89. The highest BCUT2D eigenvalue weighted by molar-refractivity contribution is 7.99. The molecule has 3 rings (SSSR count). The van der Waals surface area contributed by atoms with Crippen LogP contribution in [0.15, 0.2) is 64.5 Å². The Labute approximate surface area is 168 Å². The minimum Gasteiger partial charge on any atom is -0.326 e. The zero-order chi connectivity index (χ0) is 20.1. The maximum Gasteiger partial charge on any atom is 0.255 e. The molecule has 2 aromatic carbocycles. The molecule has 0 fully saturated rings. The van der Waals surface area contributed by atoms with Crippen molar-refractivity contribution in [2.45, 2.75) is 37.6 Å². The Hall–Kier alpha value is -2.86. The Kier molecular flexibility index (Phi) is 6.31. The lowest BCUT2D eigenvalue weighted by molar-refractivity contribution is -0.115. The number of carbonyl (C=O) groups is 1. The van der Waals surface area contributed by atoms with E-state index in [1.54, 1.807) is 6.92 Å². The van der Waals surface area contributed by atoms with E-state index in [0.717, 1.165) is 16.8 Å². The van der Waals surface area contributed by atoms with Crippen LogP contribution in [0.1, 0.15) is 34.6 Å². The molecule has 0 spiro atoms. The molecule has 2 N–H and O–H groups in total. The first-order chi connectivity index (χ1) is 13.4. The van der Waals surface area contributed by atoms with Crippen molar-refractivity contribution in [3.63, 3.8) is 0 Å². The monoisotopic (exact) mass is 393 g/mol. The average molecular weight is 394 g/mol. The lowest BCUT2D eigenvalue weighted by atomic mass is 10.1. The van der Waals surface area contributed by atoms with Crippen molar-refractivity contribution in [3.05, 3.63) is 87.3 Å². The zero-order valence-corrected chi connectivity index (χ0v) is 17.0. The summed E-state index contributed by atoms with van der Waals surface area (Å²) in [5, 5.41) is 3.54. The van der Waals surface area contributed by atoms with Crippen LogP contribution < -0.4 is 10.9 Å². The van der Waals surface area contributed by atoms with E-state index in [0.29, 0.717) is 16.4 Å². The average Bonchev–Trinajstić information content (AvgIpc) is 2.65. The summed E-state index contributed by atoms with van der Waals surface area (Å²) >= 11 is 1.49.